The molecule has 0 unspecified atom stereocenters. The zero-order valence-electron chi connectivity index (χ0n) is 18.1. The number of carbonyl (C=O) groups excluding carboxylic acids is 3. The summed E-state index contributed by atoms with van der Waals surface area (Å²) in [6, 6.07) is 14.3. The Morgan fingerprint density at radius 1 is 1.00 bits per heavy atom. The van der Waals surface area contributed by atoms with Crippen LogP contribution in [-0.2, 0) is 16.1 Å². The van der Waals surface area contributed by atoms with Crippen molar-refractivity contribution >= 4 is 23.4 Å². The first-order valence-corrected chi connectivity index (χ1v) is 10.2. The summed E-state index contributed by atoms with van der Waals surface area (Å²) in [4.78, 5) is 40.4. The van der Waals surface area contributed by atoms with Crippen LogP contribution in [0, 0.1) is 0 Å². The van der Waals surface area contributed by atoms with E-state index in [4.69, 9.17) is 9.94 Å². The number of ether oxygens (including phenoxy) is 1. The molecule has 2 aromatic carbocycles. The fourth-order valence-electron chi connectivity index (χ4n) is 3.25. The lowest BCUT2D eigenvalue weighted by Gasteiger charge is -2.25. The van der Waals surface area contributed by atoms with Gasteiger partial charge in [0.1, 0.15) is 5.75 Å². The number of nitrogens with zero attached hydrogens (tertiary/aromatic N) is 2. The molecule has 0 saturated carbocycles. The molecule has 2 aromatic rings. The molecule has 0 heterocycles. The predicted molar refractivity (Wildman–Crippen MR) is 117 cm³/mol. The lowest BCUT2D eigenvalue weighted by Crippen LogP contribution is -2.32. The lowest BCUT2D eigenvalue weighted by molar-refractivity contribution is -0.131. The van der Waals surface area contributed by atoms with Crippen LogP contribution in [0.15, 0.2) is 48.5 Å². The van der Waals surface area contributed by atoms with E-state index < -0.39 is 5.91 Å². The van der Waals surface area contributed by atoms with Gasteiger partial charge in [-0.25, -0.2) is 5.48 Å². The van der Waals surface area contributed by atoms with Gasteiger partial charge < -0.3 is 14.5 Å². The summed E-state index contributed by atoms with van der Waals surface area (Å²) in [5.41, 5.74) is 3.41. The Labute approximate surface area is 182 Å². The third-order valence-corrected chi connectivity index (χ3v) is 4.93. The number of hydrogen-bond acceptors (Lipinski definition) is 5. The van der Waals surface area contributed by atoms with E-state index in [1.165, 1.54) is 17.5 Å². The summed E-state index contributed by atoms with van der Waals surface area (Å²) < 4.78 is 5.41. The van der Waals surface area contributed by atoms with Gasteiger partial charge in [-0.05, 0) is 43.7 Å². The highest BCUT2D eigenvalue weighted by molar-refractivity contribution is 5.97. The summed E-state index contributed by atoms with van der Waals surface area (Å²) in [7, 11) is 1.52. The van der Waals surface area contributed by atoms with Crippen LogP contribution < -0.4 is 15.1 Å². The van der Waals surface area contributed by atoms with E-state index in [0.29, 0.717) is 30.1 Å². The molecule has 0 aromatic heterocycles. The van der Waals surface area contributed by atoms with Gasteiger partial charge in [0.25, 0.3) is 5.91 Å². The van der Waals surface area contributed by atoms with Crippen LogP contribution in [0.2, 0.25) is 0 Å². The zero-order chi connectivity index (χ0) is 22.8. The second-order valence-electron chi connectivity index (χ2n) is 6.86. The fraction of sp³-hybridized carbons (Fsp3) is 0.348. The highest BCUT2D eigenvalue weighted by atomic mass is 16.5. The first-order chi connectivity index (χ1) is 14.9. The SMILES string of the molecule is CCN(CC)C(=O)c1cccc(CN(C(=O)CCC(=O)NO)c2ccccc2OC)c1. The molecule has 0 fully saturated rings. The summed E-state index contributed by atoms with van der Waals surface area (Å²) in [5.74, 6) is -0.506. The summed E-state index contributed by atoms with van der Waals surface area (Å²) in [6.45, 7) is 5.27. The van der Waals surface area contributed by atoms with Crippen LogP contribution in [0.3, 0.4) is 0 Å². The summed E-state index contributed by atoms with van der Waals surface area (Å²) in [5, 5.41) is 8.71. The van der Waals surface area contributed by atoms with Gasteiger partial charge in [-0.2, -0.15) is 0 Å². The Kier molecular flexibility index (Phi) is 9.02. The largest absolute Gasteiger partial charge is 0.495 e. The molecule has 0 radical (unpaired) electrons. The van der Waals surface area contributed by atoms with Crippen LogP contribution >= 0.6 is 0 Å². The lowest BCUT2D eigenvalue weighted by atomic mass is 10.1. The molecule has 0 saturated heterocycles. The molecule has 0 atom stereocenters. The first-order valence-electron chi connectivity index (χ1n) is 10.2. The molecule has 0 bridgehead atoms. The van der Waals surface area contributed by atoms with Crippen molar-refractivity contribution in [2.75, 3.05) is 25.1 Å². The average Bonchev–Trinajstić information content (AvgIpc) is 2.81. The van der Waals surface area contributed by atoms with Gasteiger partial charge in [0.05, 0.1) is 19.3 Å². The number of nitrogens with one attached hydrogen (secondary N) is 1. The summed E-state index contributed by atoms with van der Waals surface area (Å²) >= 11 is 0. The Morgan fingerprint density at radius 2 is 1.71 bits per heavy atom. The number of amides is 3. The number of methoxy groups -OCH3 is 1. The van der Waals surface area contributed by atoms with Crippen LogP contribution in [0.5, 0.6) is 5.75 Å². The molecular formula is C23H29N3O5. The topological polar surface area (TPSA) is 99.2 Å². The Morgan fingerprint density at radius 3 is 2.35 bits per heavy atom. The van der Waals surface area contributed by atoms with Crippen LogP contribution in [-0.4, -0.2) is 48.0 Å². The standard InChI is InChI=1S/C23H29N3O5/c1-4-25(5-2)23(29)18-10-8-9-17(15-18)16-26(22(28)14-13-21(27)24-30)19-11-6-7-12-20(19)31-3/h6-12,15,30H,4-5,13-14,16H2,1-3H3,(H,24,27). The molecule has 31 heavy (non-hydrogen) atoms. The normalized spacial score (nSPS) is 10.3. The van der Waals surface area contributed by atoms with Crippen molar-refractivity contribution in [3.05, 3.63) is 59.7 Å². The van der Waals surface area contributed by atoms with Crippen molar-refractivity contribution in [3.63, 3.8) is 0 Å². The maximum atomic E-state index is 13.0. The van der Waals surface area contributed by atoms with E-state index >= 15 is 0 Å². The first kappa shape index (κ1) is 23.9. The van der Waals surface area contributed by atoms with Gasteiger partial charge in [0, 0.05) is 31.5 Å². The van der Waals surface area contributed by atoms with Crippen molar-refractivity contribution < 1.29 is 24.3 Å². The van der Waals surface area contributed by atoms with Crippen LogP contribution in [0.1, 0.15) is 42.6 Å². The minimum atomic E-state index is -0.639. The van der Waals surface area contributed by atoms with Crippen LogP contribution in [0.4, 0.5) is 5.69 Å². The summed E-state index contributed by atoms with van der Waals surface area (Å²) in [6.07, 6.45) is -0.246. The second-order valence-corrected chi connectivity index (χ2v) is 6.86. The quantitative estimate of drug-likeness (QED) is 0.449. The van der Waals surface area contributed by atoms with E-state index in [1.807, 2.05) is 19.9 Å². The van der Waals surface area contributed by atoms with Crippen LogP contribution in [0.25, 0.3) is 0 Å². The predicted octanol–water partition coefficient (Wildman–Crippen LogP) is 3.00. The van der Waals surface area contributed by atoms with E-state index in [-0.39, 0.29) is 31.2 Å². The molecule has 0 aliphatic heterocycles. The van der Waals surface area contributed by atoms with Crippen molar-refractivity contribution in [1.82, 2.24) is 10.4 Å². The fourth-order valence-corrected chi connectivity index (χ4v) is 3.25. The van der Waals surface area contributed by atoms with Crippen molar-refractivity contribution in [3.8, 4) is 5.75 Å². The van der Waals surface area contributed by atoms with Gasteiger partial charge in [-0.15, -0.1) is 0 Å². The molecule has 8 heteroatoms. The maximum absolute atomic E-state index is 13.0. The average molecular weight is 428 g/mol. The van der Waals surface area contributed by atoms with Crippen molar-refractivity contribution in [1.29, 1.82) is 0 Å². The van der Waals surface area contributed by atoms with Gasteiger partial charge in [0.15, 0.2) is 0 Å². The Hall–Kier alpha value is -3.39. The molecular weight excluding hydrogens is 398 g/mol. The smallest absolute Gasteiger partial charge is 0.253 e. The number of benzene rings is 2. The van der Waals surface area contributed by atoms with Gasteiger partial charge in [-0.1, -0.05) is 24.3 Å². The van der Waals surface area contributed by atoms with E-state index in [9.17, 15) is 14.4 Å². The third-order valence-electron chi connectivity index (χ3n) is 4.93. The highest BCUT2D eigenvalue weighted by Crippen LogP contribution is 2.30. The van der Waals surface area contributed by atoms with Gasteiger partial charge in [0.2, 0.25) is 11.8 Å². The number of rotatable bonds is 10. The zero-order valence-corrected chi connectivity index (χ0v) is 18.1. The monoisotopic (exact) mass is 427 g/mol. The maximum Gasteiger partial charge on any atom is 0.253 e. The number of hydrogen-bond donors (Lipinski definition) is 2. The van der Waals surface area contributed by atoms with E-state index in [2.05, 4.69) is 0 Å². The van der Waals surface area contributed by atoms with Crippen molar-refractivity contribution in [2.45, 2.75) is 33.2 Å². The third kappa shape index (κ3) is 6.29. The molecule has 0 spiro atoms. The molecule has 3 amide bonds. The Balaban J connectivity index is 2.35. The molecule has 0 aliphatic rings. The van der Waals surface area contributed by atoms with Gasteiger partial charge in [-0.3, -0.25) is 19.6 Å². The van der Waals surface area contributed by atoms with Crippen molar-refractivity contribution in [2.24, 2.45) is 0 Å². The van der Waals surface area contributed by atoms with E-state index in [0.717, 1.165) is 5.56 Å². The molecule has 2 N–H and O–H groups in total. The Bertz CT molecular complexity index is 912. The molecule has 0 aliphatic carbocycles. The number of anilines is 1. The van der Waals surface area contributed by atoms with Gasteiger partial charge >= 0.3 is 0 Å². The molecule has 8 nitrogen and oxygen atoms in total. The van der Waals surface area contributed by atoms with E-state index in [1.54, 1.807) is 47.4 Å². The number of para-hydroxylation sites is 2. The molecule has 2 rings (SSSR count). The second kappa shape index (κ2) is 11.7. The number of hydroxylamine groups is 1. The highest BCUT2D eigenvalue weighted by Gasteiger charge is 2.21. The minimum absolute atomic E-state index is 0.0679. The molecule has 166 valence electrons. The minimum Gasteiger partial charge on any atom is -0.495 e. The number of carbonyl (C=O) groups is 3.